The van der Waals surface area contributed by atoms with Crippen molar-refractivity contribution in [3.8, 4) is 0 Å². The van der Waals surface area contributed by atoms with Crippen molar-refractivity contribution in [1.82, 2.24) is 0 Å². The Kier molecular flexibility index (Phi) is 11.4. The summed E-state index contributed by atoms with van der Waals surface area (Å²) in [6.45, 7) is 6.47. The summed E-state index contributed by atoms with van der Waals surface area (Å²) in [4.78, 5) is 35.6. The average Bonchev–Trinajstić information content (AvgIpc) is 3.00. The molecule has 29 heavy (non-hydrogen) atoms. The Labute approximate surface area is 176 Å². The maximum atomic E-state index is 12.7. The van der Waals surface area contributed by atoms with E-state index < -0.39 is 5.97 Å². The van der Waals surface area contributed by atoms with Crippen LogP contribution in [0, 0.1) is 17.3 Å². The highest BCUT2D eigenvalue weighted by atomic mass is 16.5. The SMILES string of the molecule is CCCCC(C)(C)CC(=O)CC(OC)[C@H]1CCC(=O)[C@@H]1CC=CCCCC(=O)O. The number of aliphatic carboxylic acids is 1. The molecule has 1 unspecified atom stereocenters. The molecule has 0 aromatic heterocycles. The van der Waals surface area contributed by atoms with E-state index >= 15 is 0 Å². The lowest BCUT2D eigenvalue weighted by molar-refractivity contribution is -0.137. The molecule has 0 saturated heterocycles. The standard InChI is InChI=1S/C24H40O5/c1-5-6-15-24(2,3)17-18(25)16-22(29-4)20-13-14-21(26)19(20)11-9-7-8-10-12-23(27)28/h7,9,19-20,22H,5-6,8,10-17H2,1-4H3,(H,27,28)/t19-,20+,22?/m1/s1. The van der Waals surface area contributed by atoms with Gasteiger partial charge in [-0.3, -0.25) is 14.4 Å². The second-order valence-corrected chi connectivity index (χ2v) is 9.23. The zero-order chi connectivity index (χ0) is 21.9. The van der Waals surface area contributed by atoms with E-state index in [9.17, 15) is 14.4 Å². The van der Waals surface area contributed by atoms with Crippen molar-refractivity contribution in [1.29, 1.82) is 0 Å². The van der Waals surface area contributed by atoms with Gasteiger partial charge in [-0.05, 0) is 43.4 Å². The normalized spacial score (nSPS) is 21.0. The van der Waals surface area contributed by atoms with Gasteiger partial charge in [-0.2, -0.15) is 0 Å². The number of hydrogen-bond donors (Lipinski definition) is 1. The molecule has 0 aliphatic heterocycles. The number of carbonyl (C=O) groups is 3. The first kappa shape index (κ1) is 25.5. The highest BCUT2D eigenvalue weighted by molar-refractivity contribution is 5.84. The third kappa shape index (κ3) is 9.70. The summed E-state index contributed by atoms with van der Waals surface area (Å²) in [6, 6.07) is 0. The van der Waals surface area contributed by atoms with Crippen LogP contribution in [0.2, 0.25) is 0 Å². The second-order valence-electron chi connectivity index (χ2n) is 9.23. The number of Topliss-reactive ketones (excluding diaryl/α,β-unsaturated/α-hetero) is 2. The van der Waals surface area contributed by atoms with Gasteiger partial charge in [0.15, 0.2) is 0 Å². The summed E-state index contributed by atoms with van der Waals surface area (Å²) in [6.07, 6.45) is 11.5. The van der Waals surface area contributed by atoms with E-state index in [0.29, 0.717) is 38.5 Å². The van der Waals surface area contributed by atoms with Gasteiger partial charge in [0.1, 0.15) is 11.6 Å². The third-order valence-corrected chi connectivity index (χ3v) is 6.06. The van der Waals surface area contributed by atoms with Crippen LogP contribution in [0.15, 0.2) is 12.2 Å². The number of allylic oxidation sites excluding steroid dienone is 2. The second kappa shape index (κ2) is 12.9. The van der Waals surface area contributed by atoms with E-state index in [4.69, 9.17) is 9.84 Å². The minimum atomic E-state index is -0.782. The molecule has 3 atom stereocenters. The summed E-state index contributed by atoms with van der Waals surface area (Å²) in [7, 11) is 1.64. The summed E-state index contributed by atoms with van der Waals surface area (Å²) in [5, 5.41) is 8.68. The van der Waals surface area contributed by atoms with Crippen molar-refractivity contribution in [2.24, 2.45) is 17.3 Å². The Morgan fingerprint density at radius 3 is 2.62 bits per heavy atom. The molecule has 0 spiro atoms. The zero-order valence-electron chi connectivity index (χ0n) is 18.7. The van der Waals surface area contributed by atoms with Crippen molar-refractivity contribution in [3.63, 3.8) is 0 Å². The largest absolute Gasteiger partial charge is 0.481 e. The molecule has 1 aliphatic carbocycles. The lowest BCUT2D eigenvalue weighted by atomic mass is 9.79. The molecular formula is C24H40O5. The maximum Gasteiger partial charge on any atom is 0.303 e. The topological polar surface area (TPSA) is 80.7 Å². The Hall–Kier alpha value is -1.49. The minimum Gasteiger partial charge on any atom is -0.481 e. The number of carboxylic acids is 1. The molecule has 1 N–H and O–H groups in total. The third-order valence-electron chi connectivity index (χ3n) is 6.06. The van der Waals surface area contributed by atoms with Gasteiger partial charge in [0.2, 0.25) is 0 Å². The molecule has 5 nitrogen and oxygen atoms in total. The molecular weight excluding hydrogens is 368 g/mol. The number of ketones is 2. The van der Waals surface area contributed by atoms with Gasteiger partial charge in [0, 0.05) is 38.7 Å². The molecule has 1 aliphatic rings. The van der Waals surface area contributed by atoms with Crippen molar-refractivity contribution in [3.05, 3.63) is 12.2 Å². The van der Waals surface area contributed by atoms with Crippen LogP contribution in [0.1, 0.15) is 91.4 Å². The van der Waals surface area contributed by atoms with E-state index in [1.165, 1.54) is 0 Å². The van der Waals surface area contributed by atoms with Crippen molar-refractivity contribution in [2.75, 3.05) is 7.11 Å². The van der Waals surface area contributed by atoms with Crippen LogP contribution < -0.4 is 0 Å². The quantitative estimate of drug-likeness (QED) is 0.291. The summed E-state index contributed by atoms with van der Waals surface area (Å²) >= 11 is 0. The van der Waals surface area contributed by atoms with Crippen molar-refractivity contribution in [2.45, 2.75) is 97.5 Å². The first-order valence-corrected chi connectivity index (χ1v) is 11.1. The molecule has 0 heterocycles. The smallest absolute Gasteiger partial charge is 0.303 e. The van der Waals surface area contributed by atoms with Crippen LogP contribution in [-0.2, 0) is 19.1 Å². The predicted octanol–water partition coefficient (Wildman–Crippen LogP) is 5.36. The molecule has 0 aromatic rings. The van der Waals surface area contributed by atoms with Gasteiger partial charge in [-0.25, -0.2) is 0 Å². The summed E-state index contributed by atoms with van der Waals surface area (Å²) in [5.74, 6) is -0.325. The van der Waals surface area contributed by atoms with Gasteiger partial charge < -0.3 is 9.84 Å². The molecule has 5 heteroatoms. The van der Waals surface area contributed by atoms with Crippen LogP contribution in [0.5, 0.6) is 0 Å². The molecule has 1 saturated carbocycles. The fraction of sp³-hybridized carbons (Fsp3) is 0.792. The first-order valence-electron chi connectivity index (χ1n) is 11.1. The number of carboxylic acid groups (broad SMARTS) is 1. The number of rotatable bonds is 15. The van der Waals surface area contributed by atoms with E-state index in [1.807, 2.05) is 12.2 Å². The monoisotopic (exact) mass is 408 g/mol. The van der Waals surface area contributed by atoms with Crippen molar-refractivity contribution >= 4 is 17.5 Å². The fourth-order valence-corrected chi connectivity index (χ4v) is 4.40. The van der Waals surface area contributed by atoms with Crippen LogP contribution in [0.3, 0.4) is 0 Å². The van der Waals surface area contributed by atoms with Crippen LogP contribution in [0.25, 0.3) is 0 Å². The van der Waals surface area contributed by atoms with Gasteiger partial charge >= 0.3 is 5.97 Å². The Morgan fingerprint density at radius 1 is 1.28 bits per heavy atom. The van der Waals surface area contributed by atoms with E-state index in [2.05, 4.69) is 20.8 Å². The summed E-state index contributed by atoms with van der Waals surface area (Å²) in [5.41, 5.74) is 0.00890. The molecule has 1 rings (SSSR count). The number of ether oxygens (including phenoxy) is 1. The molecule has 1 fully saturated rings. The van der Waals surface area contributed by atoms with E-state index in [0.717, 1.165) is 25.7 Å². The highest BCUT2D eigenvalue weighted by Crippen LogP contribution is 2.37. The first-order chi connectivity index (χ1) is 13.7. The predicted molar refractivity (Wildman–Crippen MR) is 115 cm³/mol. The fourth-order valence-electron chi connectivity index (χ4n) is 4.40. The lowest BCUT2D eigenvalue weighted by Gasteiger charge is -2.28. The maximum absolute atomic E-state index is 12.7. The van der Waals surface area contributed by atoms with E-state index in [1.54, 1.807) is 7.11 Å². The van der Waals surface area contributed by atoms with Gasteiger partial charge in [-0.15, -0.1) is 0 Å². The molecule has 166 valence electrons. The van der Waals surface area contributed by atoms with Crippen LogP contribution in [0.4, 0.5) is 0 Å². The number of methoxy groups -OCH3 is 1. The number of carbonyl (C=O) groups excluding carboxylic acids is 2. The number of unbranched alkanes of at least 4 members (excludes halogenated alkanes) is 2. The Morgan fingerprint density at radius 2 is 2.00 bits per heavy atom. The van der Waals surface area contributed by atoms with Gasteiger partial charge in [0.25, 0.3) is 0 Å². The molecule has 0 amide bonds. The Bertz CT molecular complexity index is 564. The van der Waals surface area contributed by atoms with Gasteiger partial charge in [-0.1, -0.05) is 45.8 Å². The van der Waals surface area contributed by atoms with Crippen molar-refractivity contribution < 1.29 is 24.2 Å². The summed E-state index contributed by atoms with van der Waals surface area (Å²) < 4.78 is 5.69. The zero-order valence-corrected chi connectivity index (χ0v) is 18.7. The Balaban J connectivity index is 2.59. The number of hydrogen-bond acceptors (Lipinski definition) is 4. The van der Waals surface area contributed by atoms with Gasteiger partial charge in [0.05, 0.1) is 6.10 Å². The molecule has 0 bridgehead atoms. The lowest BCUT2D eigenvalue weighted by Crippen LogP contribution is -2.31. The van der Waals surface area contributed by atoms with Crippen LogP contribution >= 0.6 is 0 Å². The van der Waals surface area contributed by atoms with Crippen LogP contribution in [-0.4, -0.2) is 35.9 Å². The molecule has 0 aromatic carbocycles. The average molecular weight is 409 g/mol. The minimum absolute atomic E-state index is 0.00890. The van der Waals surface area contributed by atoms with E-state index in [-0.39, 0.29) is 41.3 Å². The highest BCUT2D eigenvalue weighted by Gasteiger charge is 2.39. The molecule has 0 radical (unpaired) electrons.